The van der Waals surface area contributed by atoms with Crippen molar-refractivity contribution in [1.82, 2.24) is 35.2 Å². The molecule has 0 atom stereocenters. The summed E-state index contributed by atoms with van der Waals surface area (Å²) in [6, 6.07) is 14.4. The number of aromatic hydroxyl groups is 1. The van der Waals surface area contributed by atoms with Crippen molar-refractivity contribution in [3.8, 4) is 17.1 Å². The number of rotatable bonds is 9. The van der Waals surface area contributed by atoms with Gasteiger partial charge in [-0.25, -0.2) is 14.6 Å². The largest absolute Gasteiger partial charge is 0.508 e. The van der Waals surface area contributed by atoms with Gasteiger partial charge in [-0.1, -0.05) is 29.5 Å². The van der Waals surface area contributed by atoms with Crippen molar-refractivity contribution < 1.29 is 14.6 Å². The number of carbonyl (C=O) groups excluding carboxylic acids is 1. The van der Waals surface area contributed by atoms with Crippen molar-refractivity contribution in [2.75, 3.05) is 58.4 Å². The normalized spacial score (nSPS) is 13.8. The predicted molar refractivity (Wildman–Crippen MR) is 144 cm³/mol. The van der Waals surface area contributed by atoms with Crippen molar-refractivity contribution >= 4 is 22.9 Å². The molecular formula is C27H32N8O3. The second-order valence-electron chi connectivity index (χ2n) is 9.55. The van der Waals surface area contributed by atoms with Crippen LogP contribution in [-0.2, 0) is 11.3 Å². The summed E-state index contributed by atoms with van der Waals surface area (Å²) < 4.78 is 7.26. The number of carbonyl (C=O) groups is 1. The van der Waals surface area contributed by atoms with E-state index in [0.717, 1.165) is 18.5 Å². The number of nitrogens with zero attached hydrogens (tertiary/aromatic N) is 7. The zero-order valence-electron chi connectivity index (χ0n) is 21.7. The molecule has 1 saturated heterocycles. The molecule has 38 heavy (non-hydrogen) atoms. The van der Waals surface area contributed by atoms with E-state index in [4.69, 9.17) is 14.7 Å². The lowest BCUT2D eigenvalue weighted by Crippen LogP contribution is -2.37. The van der Waals surface area contributed by atoms with Crippen LogP contribution in [0.5, 0.6) is 5.75 Å². The van der Waals surface area contributed by atoms with Crippen LogP contribution in [0.4, 0.5) is 5.82 Å². The number of benzene rings is 2. The molecule has 0 unspecified atom stereocenters. The smallest absolute Gasteiger partial charge is 0.251 e. The molecule has 0 aliphatic carbocycles. The molecule has 0 saturated carbocycles. The molecule has 0 bridgehead atoms. The summed E-state index contributed by atoms with van der Waals surface area (Å²) in [5.41, 5.74) is 3.50. The number of hydrogen-bond donors (Lipinski definition) is 2. The molecular weight excluding hydrogens is 484 g/mol. The Kier molecular flexibility index (Phi) is 7.75. The van der Waals surface area contributed by atoms with Crippen LogP contribution in [0.2, 0.25) is 0 Å². The number of fused-ring (bicyclic) bond motifs is 1. The van der Waals surface area contributed by atoms with Crippen LogP contribution in [0.1, 0.15) is 22.3 Å². The van der Waals surface area contributed by atoms with Crippen LogP contribution in [-0.4, -0.2) is 94.4 Å². The third-order valence-corrected chi connectivity index (χ3v) is 6.38. The summed E-state index contributed by atoms with van der Waals surface area (Å²) in [4.78, 5) is 26.3. The first-order chi connectivity index (χ1) is 18.5. The van der Waals surface area contributed by atoms with Gasteiger partial charge in [0.25, 0.3) is 5.91 Å². The number of phenols is 1. The second kappa shape index (κ2) is 11.5. The first kappa shape index (κ1) is 25.6. The highest BCUT2D eigenvalue weighted by molar-refractivity contribution is 5.94. The molecule has 1 fully saturated rings. The number of anilines is 1. The summed E-state index contributed by atoms with van der Waals surface area (Å²) in [5, 5.41) is 21.8. The zero-order chi connectivity index (χ0) is 26.5. The Morgan fingerprint density at radius 3 is 2.63 bits per heavy atom. The molecule has 11 nitrogen and oxygen atoms in total. The van der Waals surface area contributed by atoms with E-state index in [-0.39, 0.29) is 11.7 Å². The van der Waals surface area contributed by atoms with Gasteiger partial charge in [-0.15, -0.1) is 5.10 Å². The van der Waals surface area contributed by atoms with E-state index in [2.05, 4.69) is 25.4 Å². The van der Waals surface area contributed by atoms with E-state index in [1.807, 2.05) is 44.4 Å². The second-order valence-corrected chi connectivity index (χ2v) is 9.55. The first-order valence-electron chi connectivity index (χ1n) is 12.7. The average molecular weight is 517 g/mol. The molecule has 5 rings (SSSR count). The molecule has 4 aromatic rings. The van der Waals surface area contributed by atoms with Gasteiger partial charge < -0.3 is 25.0 Å². The van der Waals surface area contributed by atoms with Gasteiger partial charge in [0.1, 0.15) is 5.75 Å². The van der Waals surface area contributed by atoms with Gasteiger partial charge in [-0.2, -0.15) is 0 Å². The molecule has 1 amide bonds. The summed E-state index contributed by atoms with van der Waals surface area (Å²) in [5.74, 6) is 1.25. The molecule has 198 valence electrons. The van der Waals surface area contributed by atoms with Crippen molar-refractivity contribution in [1.29, 1.82) is 0 Å². The number of nitrogens with one attached hydrogen (secondary N) is 1. The highest BCUT2D eigenvalue weighted by Gasteiger charge is 2.22. The highest BCUT2D eigenvalue weighted by Crippen LogP contribution is 2.28. The number of amides is 1. The van der Waals surface area contributed by atoms with E-state index in [1.54, 1.807) is 22.9 Å². The molecule has 1 aliphatic rings. The van der Waals surface area contributed by atoms with Gasteiger partial charge in [-0.3, -0.25) is 4.79 Å². The van der Waals surface area contributed by atoms with Crippen molar-refractivity contribution in [2.24, 2.45) is 0 Å². The van der Waals surface area contributed by atoms with Gasteiger partial charge in [0.05, 0.1) is 19.8 Å². The average Bonchev–Trinajstić information content (AvgIpc) is 3.33. The Morgan fingerprint density at radius 1 is 1.11 bits per heavy atom. The molecule has 2 aromatic carbocycles. The van der Waals surface area contributed by atoms with E-state index in [1.165, 1.54) is 0 Å². The number of morpholine rings is 1. The van der Waals surface area contributed by atoms with E-state index in [0.29, 0.717) is 73.3 Å². The van der Waals surface area contributed by atoms with Crippen LogP contribution in [0.15, 0.2) is 48.5 Å². The Hall–Kier alpha value is -4.09. The van der Waals surface area contributed by atoms with Crippen LogP contribution in [0.3, 0.4) is 0 Å². The molecule has 3 heterocycles. The molecule has 2 N–H and O–H groups in total. The van der Waals surface area contributed by atoms with Crippen LogP contribution < -0.4 is 10.2 Å². The van der Waals surface area contributed by atoms with E-state index < -0.39 is 0 Å². The Balaban J connectivity index is 1.40. The predicted octanol–water partition coefficient (Wildman–Crippen LogP) is 2.16. The molecule has 0 radical (unpaired) electrons. The summed E-state index contributed by atoms with van der Waals surface area (Å²) in [6.07, 6.45) is 0.898. The Bertz CT molecular complexity index is 1400. The minimum atomic E-state index is -0.0832. The Morgan fingerprint density at radius 2 is 1.89 bits per heavy atom. The van der Waals surface area contributed by atoms with E-state index in [9.17, 15) is 9.90 Å². The van der Waals surface area contributed by atoms with Crippen LogP contribution >= 0.6 is 0 Å². The van der Waals surface area contributed by atoms with E-state index >= 15 is 0 Å². The first-order valence-corrected chi connectivity index (χ1v) is 12.7. The standard InChI is InChI=1S/C27H32N8O3/c1-33(2)12-4-11-28-27(37)20-9-7-19(8-10-20)18-35-26-23(31-32-35)25(34-13-15-38-16-14-34)29-24(30-26)21-5-3-6-22(36)17-21/h3,5-10,17,36H,4,11-16,18H2,1-2H3,(H,28,37). The summed E-state index contributed by atoms with van der Waals surface area (Å²) in [6.45, 7) is 4.59. The maximum absolute atomic E-state index is 12.5. The number of phenolic OH excluding ortho intramolecular Hbond substituents is 1. The third-order valence-electron chi connectivity index (χ3n) is 6.38. The number of aromatic nitrogens is 5. The molecule has 11 heteroatoms. The lowest BCUT2D eigenvalue weighted by atomic mass is 10.1. The SMILES string of the molecule is CN(C)CCCNC(=O)c1ccc(Cn2nnc3c(N4CCOCC4)nc(-c4cccc(O)c4)nc32)cc1. The van der Waals surface area contributed by atoms with Crippen molar-refractivity contribution in [3.63, 3.8) is 0 Å². The van der Waals surface area contributed by atoms with Gasteiger partial charge in [0.2, 0.25) is 0 Å². The fourth-order valence-corrected chi connectivity index (χ4v) is 4.35. The molecule has 2 aromatic heterocycles. The third kappa shape index (κ3) is 5.90. The van der Waals surface area contributed by atoms with Gasteiger partial charge in [0.15, 0.2) is 22.8 Å². The van der Waals surface area contributed by atoms with Crippen LogP contribution in [0.25, 0.3) is 22.6 Å². The lowest BCUT2D eigenvalue weighted by Gasteiger charge is -2.28. The zero-order valence-corrected chi connectivity index (χ0v) is 21.7. The molecule has 1 aliphatic heterocycles. The van der Waals surface area contributed by atoms with Crippen molar-refractivity contribution in [2.45, 2.75) is 13.0 Å². The number of hydrogen-bond acceptors (Lipinski definition) is 9. The summed E-state index contributed by atoms with van der Waals surface area (Å²) >= 11 is 0. The van der Waals surface area contributed by atoms with Gasteiger partial charge in [-0.05, 0) is 56.9 Å². The lowest BCUT2D eigenvalue weighted by molar-refractivity contribution is 0.0952. The fraction of sp³-hybridized carbons (Fsp3) is 0.370. The number of ether oxygens (including phenoxy) is 1. The fourth-order valence-electron chi connectivity index (χ4n) is 4.35. The van der Waals surface area contributed by atoms with Gasteiger partial charge in [0, 0.05) is 30.8 Å². The quantitative estimate of drug-likeness (QED) is 0.322. The minimum Gasteiger partial charge on any atom is -0.508 e. The van der Waals surface area contributed by atoms with Gasteiger partial charge >= 0.3 is 0 Å². The maximum Gasteiger partial charge on any atom is 0.251 e. The minimum absolute atomic E-state index is 0.0832. The molecule has 0 spiro atoms. The van der Waals surface area contributed by atoms with Crippen LogP contribution in [0, 0.1) is 0 Å². The Labute approximate surface area is 221 Å². The topological polar surface area (TPSA) is 122 Å². The maximum atomic E-state index is 12.5. The highest BCUT2D eigenvalue weighted by atomic mass is 16.5. The van der Waals surface area contributed by atoms with Crippen molar-refractivity contribution in [3.05, 3.63) is 59.7 Å². The summed E-state index contributed by atoms with van der Waals surface area (Å²) in [7, 11) is 4.03. The monoisotopic (exact) mass is 516 g/mol.